The molecular formula is C12H15F9O3. The van der Waals surface area contributed by atoms with Gasteiger partial charge in [0.15, 0.2) is 0 Å². The summed E-state index contributed by atoms with van der Waals surface area (Å²) >= 11 is 0. The number of halogens is 9. The highest BCUT2D eigenvalue weighted by Gasteiger charge is 2.81. The van der Waals surface area contributed by atoms with Gasteiger partial charge in [0.05, 0.1) is 0 Å². The Bertz CT molecular complexity index is 412. The third-order valence-corrected chi connectivity index (χ3v) is 2.28. The molecule has 3 nitrogen and oxygen atoms in total. The van der Waals surface area contributed by atoms with E-state index in [-0.39, 0.29) is 25.9 Å². The number of carbonyl (C=O) groups is 1. The molecule has 0 atom stereocenters. The summed E-state index contributed by atoms with van der Waals surface area (Å²) in [5, 5.41) is 15.8. The molecule has 0 aliphatic carbocycles. The maximum absolute atomic E-state index is 12.9. The lowest BCUT2D eigenvalue weighted by Gasteiger charge is -2.32. The number of carboxylic acids is 1. The molecule has 24 heavy (non-hydrogen) atoms. The molecule has 0 unspecified atom stereocenters. The van der Waals surface area contributed by atoms with Crippen molar-refractivity contribution in [2.24, 2.45) is 0 Å². The number of hydrogen-bond acceptors (Lipinski definition) is 2. The fourth-order valence-electron chi connectivity index (χ4n) is 1.10. The highest BCUT2D eigenvalue weighted by Crippen LogP contribution is 2.53. The summed E-state index contributed by atoms with van der Waals surface area (Å²) in [6, 6.07) is 0. The van der Waals surface area contributed by atoms with Gasteiger partial charge in [-0.25, -0.2) is 0 Å². The lowest BCUT2D eigenvalue weighted by Crippen LogP contribution is -2.60. The zero-order valence-corrected chi connectivity index (χ0v) is 12.2. The molecule has 2 N–H and O–H groups in total. The molecule has 0 saturated carbocycles. The zero-order chi connectivity index (χ0) is 19.8. The van der Waals surface area contributed by atoms with Crippen molar-refractivity contribution in [3.63, 3.8) is 0 Å². The Morgan fingerprint density at radius 3 is 1.67 bits per heavy atom. The first-order valence-electron chi connectivity index (χ1n) is 6.23. The van der Waals surface area contributed by atoms with Crippen LogP contribution < -0.4 is 0 Å². The van der Waals surface area contributed by atoms with Crippen molar-refractivity contribution in [2.75, 3.05) is 6.61 Å². The van der Waals surface area contributed by atoms with Crippen LogP contribution >= 0.6 is 0 Å². The molecule has 12 heteroatoms. The zero-order valence-electron chi connectivity index (χ0n) is 12.2. The molecule has 0 rings (SSSR count). The van der Waals surface area contributed by atoms with E-state index in [0.717, 1.165) is 6.92 Å². The van der Waals surface area contributed by atoms with Crippen LogP contribution in [0.1, 0.15) is 26.2 Å². The van der Waals surface area contributed by atoms with E-state index in [1.807, 2.05) is 0 Å². The molecule has 0 aliphatic rings. The predicted octanol–water partition coefficient (Wildman–Crippen LogP) is 4.26. The third kappa shape index (κ3) is 6.97. The summed E-state index contributed by atoms with van der Waals surface area (Å²) in [4.78, 5) is 9.00. The van der Waals surface area contributed by atoms with Crippen molar-refractivity contribution in [1.82, 2.24) is 0 Å². The van der Waals surface area contributed by atoms with E-state index in [1.165, 1.54) is 0 Å². The van der Waals surface area contributed by atoms with Crippen molar-refractivity contribution < 1.29 is 54.5 Å². The Hall–Kier alpha value is -1.46. The highest BCUT2D eigenvalue weighted by atomic mass is 19.4. The monoisotopic (exact) mass is 378 g/mol. The van der Waals surface area contributed by atoms with Crippen molar-refractivity contribution in [3.05, 3.63) is 12.2 Å². The minimum absolute atomic E-state index is 0.0876. The average Bonchev–Trinajstić information content (AvgIpc) is 2.35. The van der Waals surface area contributed by atoms with Crippen LogP contribution in [0.5, 0.6) is 0 Å². The Morgan fingerprint density at radius 2 is 1.33 bits per heavy atom. The third-order valence-electron chi connectivity index (χ3n) is 2.28. The van der Waals surface area contributed by atoms with Gasteiger partial charge in [-0.3, -0.25) is 4.79 Å². The summed E-state index contributed by atoms with van der Waals surface area (Å²) in [5.74, 6) is -20.0. The van der Waals surface area contributed by atoms with Crippen LogP contribution in [0.15, 0.2) is 12.2 Å². The van der Waals surface area contributed by atoms with Gasteiger partial charge in [-0.15, -0.1) is 0 Å². The number of hydrogen-bond donors (Lipinski definition) is 2. The molecule has 0 radical (unpaired) electrons. The van der Waals surface area contributed by atoms with Crippen LogP contribution in [-0.2, 0) is 4.79 Å². The summed E-state index contributed by atoms with van der Waals surface area (Å²) in [5.41, 5.74) is 0. The van der Waals surface area contributed by atoms with Crippen molar-refractivity contribution >= 4 is 5.97 Å². The van der Waals surface area contributed by atoms with E-state index >= 15 is 0 Å². The standard InChI is InChI=1S/C10H11F9O.C2H4O2/c11-7(12,5-3-1-2-4-6-20)8(13,14)9(15,16)10(17,18)19;1-2(3)4/h3,5,20H,1-2,4,6H2;1H3,(H,3,4). The second-order valence-corrected chi connectivity index (χ2v) is 4.41. The molecule has 0 aromatic rings. The van der Waals surface area contributed by atoms with E-state index in [4.69, 9.17) is 15.0 Å². The Kier molecular flexibility index (Phi) is 9.44. The molecule has 0 heterocycles. The van der Waals surface area contributed by atoms with Gasteiger partial charge in [-0.05, 0) is 25.3 Å². The molecule has 0 aromatic heterocycles. The highest BCUT2D eigenvalue weighted by molar-refractivity contribution is 5.62. The van der Waals surface area contributed by atoms with Crippen LogP contribution in [0.25, 0.3) is 0 Å². The Labute approximate surface area is 130 Å². The summed E-state index contributed by atoms with van der Waals surface area (Å²) < 4.78 is 111. The van der Waals surface area contributed by atoms with E-state index in [1.54, 1.807) is 0 Å². The molecule has 144 valence electrons. The average molecular weight is 378 g/mol. The minimum atomic E-state index is -6.86. The molecular weight excluding hydrogens is 363 g/mol. The van der Waals surface area contributed by atoms with E-state index < -0.39 is 36.0 Å². The van der Waals surface area contributed by atoms with Gasteiger partial charge in [0.2, 0.25) is 0 Å². The fraction of sp³-hybridized carbons (Fsp3) is 0.750. The van der Waals surface area contributed by atoms with Crippen LogP contribution in [0, 0.1) is 0 Å². The Morgan fingerprint density at radius 1 is 0.917 bits per heavy atom. The van der Waals surface area contributed by atoms with E-state index in [9.17, 15) is 39.5 Å². The normalized spacial score (nSPS) is 13.6. The number of allylic oxidation sites excluding steroid dienone is 2. The van der Waals surface area contributed by atoms with Crippen molar-refractivity contribution in [1.29, 1.82) is 0 Å². The van der Waals surface area contributed by atoms with Gasteiger partial charge in [-0.1, -0.05) is 6.08 Å². The maximum Gasteiger partial charge on any atom is 0.460 e. The molecule has 0 amide bonds. The van der Waals surface area contributed by atoms with Crippen LogP contribution in [0.3, 0.4) is 0 Å². The number of unbranched alkanes of at least 4 members (excludes halogenated alkanes) is 2. The first kappa shape index (κ1) is 24.8. The first-order chi connectivity index (χ1) is 10.5. The number of aliphatic carboxylic acids is 1. The number of aliphatic hydroxyl groups is 1. The number of aliphatic hydroxyl groups excluding tert-OH is 1. The van der Waals surface area contributed by atoms with Crippen LogP contribution in [-0.4, -0.2) is 46.7 Å². The Balaban J connectivity index is 0. The van der Waals surface area contributed by atoms with Gasteiger partial charge in [0, 0.05) is 13.5 Å². The van der Waals surface area contributed by atoms with Gasteiger partial charge < -0.3 is 10.2 Å². The molecule has 0 saturated heterocycles. The second-order valence-electron chi connectivity index (χ2n) is 4.41. The maximum atomic E-state index is 12.9. The molecule has 0 fully saturated rings. The second kappa shape index (κ2) is 9.14. The van der Waals surface area contributed by atoms with Gasteiger partial charge in [-0.2, -0.15) is 39.5 Å². The first-order valence-corrected chi connectivity index (χ1v) is 6.23. The lowest BCUT2D eigenvalue weighted by molar-refractivity contribution is -0.388. The van der Waals surface area contributed by atoms with Crippen LogP contribution in [0.4, 0.5) is 39.5 Å². The van der Waals surface area contributed by atoms with Crippen LogP contribution in [0.2, 0.25) is 0 Å². The largest absolute Gasteiger partial charge is 0.481 e. The molecule has 0 bridgehead atoms. The van der Waals surface area contributed by atoms with Gasteiger partial charge >= 0.3 is 23.9 Å². The SMILES string of the molecule is CC(=O)O.OCCCCC=CC(F)(F)C(F)(F)C(F)(F)C(F)(F)F. The number of carboxylic acid groups (broad SMARTS) is 1. The smallest absolute Gasteiger partial charge is 0.460 e. The lowest BCUT2D eigenvalue weighted by atomic mass is 10.0. The quantitative estimate of drug-likeness (QED) is 0.395. The number of rotatable bonds is 7. The molecule has 0 aliphatic heterocycles. The summed E-state index contributed by atoms with van der Waals surface area (Å²) in [6.45, 7) is 0.784. The molecule has 0 aromatic carbocycles. The number of alkyl halides is 9. The van der Waals surface area contributed by atoms with E-state index in [0.29, 0.717) is 6.08 Å². The van der Waals surface area contributed by atoms with Crippen molar-refractivity contribution in [3.8, 4) is 0 Å². The topological polar surface area (TPSA) is 57.5 Å². The fourth-order valence-corrected chi connectivity index (χ4v) is 1.10. The summed E-state index contributed by atoms with van der Waals surface area (Å²) in [7, 11) is 0. The predicted molar refractivity (Wildman–Crippen MR) is 64.3 cm³/mol. The minimum Gasteiger partial charge on any atom is -0.481 e. The van der Waals surface area contributed by atoms with Gasteiger partial charge in [0.1, 0.15) is 0 Å². The molecule has 0 spiro atoms. The van der Waals surface area contributed by atoms with Gasteiger partial charge in [0.25, 0.3) is 5.97 Å². The van der Waals surface area contributed by atoms with Crippen molar-refractivity contribution in [2.45, 2.75) is 50.1 Å². The summed E-state index contributed by atoms with van der Waals surface area (Å²) in [6.07, 6.45) is -7.15. The van der Waals surface area contributed by atoms with E-state index in [2.05, 4.69) is 0 Å².